The quantitative estimate of drug-likeness (QED) is 0.194. The zero-order chi connectivity index (χ0) is 28.7. The molecular weight excluding hydrogens is 538 g/mol. The highest BCUT2D eigenvalue weighted by Crippen LogP contribution is 2.34. The first kappa shape index (κ1) is 27.9. The molecule has 0 amide bonds. The fraction of sp³-hybridized carbons (Fsp3) is 0.161. The van der Waals surface area contributed by atoms with Crippen LogP contribution in [-0.2, 0) is 10.0 Å². The molecule has 0 atom stereocenters. The summed E-state index contributed by atoms with van der Waals surface area (Å²) in [6, 6.07) is 28.0. The largest absolute Gasteiger partial charge is 0.497 e. The van der Waals surface area contributed by atoms with Gasteiger partial charge in [0, 0.05) is 36.6 Å². The number of hydrogen-bond acceptors (Lipinski definition) is 7. The lowest BCUT2D eigenvalue weighted by Gasteiger charge is -2.10. The van der Waals surface area contributed by atoms with Gasteiger partial charge in [-0.25, -0.2) is 22.8 Å². The second-order valence-electron chi connectivity index (χ2n) is 9.19. The maximum Gasteiger partial charge on any atom is 0.240 e. The summed E-state index contributed by atoms with van der Waals surface area (Å²) < 4.78 is 40.2. The summed E-state index contributed by atoms with van der Waals surface area (Å²) in [5.74, 6) is 2.04. The number of aromatic nitrogens is 3. The van der Waals surface area contributed by atoms with Crippen LogP contribution in [0.4, 0.5) is 5.82 Å². The predicted octanol–water partition coefficient (Wildman–Crippen LogP) is 5.40. The number of ether oxygens (including phenoxy) is 2. The Morgan fingerprint density at radius 3 is 2.34 bits per heavy atom. The first-order valence-electron chi connectivity index (χ1n) is 13.1. The molecule has 2 heterocycles. The van der Waals surface area contributed by atoms with Gasteiger partial charge in [0.05, 0.1) is 24.8 Å². The van der Waals surface area contributed by atoms with Crippen molar-refractivity contribution in [2.24, 2.45) is 0 Å². The highest BCUT2D eigenvalue weighted by atomic mass is 32.2. The second-order valence-corrected chi connectivity index (χ2v) is 11.0. The normalized spacial score (nSPS) is 11.3. The Morgan fingerprint density at radius 1 is 0.805 bits per heavy atom. The van der Waals surface area contributed by atoms with Gasteiger partial charge in [-0.1, -0.05) is 30.3 Å². The Balaban J connectivity index is 1.29. The molecule has 2 N–H and O–H groups in total. The van der Waals surface area contributed by atoms with Crippen LogP contribution in [0, 0.1) is 0 Å². The van der Waals surface area contributed by atoms with Crippen molar-refractivity contribution in [3.05, 3.63) is 103 Å². The molecule has 210 valence electrons. The van der Waals surface area contributed by atoms with E-state index in [1.54, 1.807) is 25.4 Å². The van der Waals surface area contributed by atoms with Crippen molar-refractivity contribution in [2.75, 3.05) is 32.6 Å². The molecule has 0 aliphatic carbocycles. The molecule has 3 aromatic carbocycles. The molecule has 0 spiro atoms. The van der Waals surface area contributed by atoms with Gasteiger partial charge in [-0.15, -0.1) is 0 Å². The molecule has 0 saturated carbocycles. The summed E-state index contributed by atoms with van der Waals surface area (Å²) in [5, 5.41) is 8.23. The third kappa shape index (κ3) is 6.74. The van der Waals surface area contributed by atoms with Gasteiger partial charge in [0.2, 0.25) is 10.0 Å². The molecule has 9 nitrogen and oxygen atoms in total. The smallest absolute Gasteiger partial charge is 0.240 e. The molecular formula is C31H31N5O4S. The van der Waals surface area contributed by atoms with Crippen LogP contribution >= 0.6 is 0 Å². The first-order chi connectivity index (χ1) is 20.0. The average molecular weight is 570 g/mol. The van der Waals surface area contributed by atoms with E-state index in [1.165, 1.54) is 19.2 Å². The molecule has 0 fully saturated rings. The highest BCUT2D eigenvalue weighted by molar-refractivity contribution is 7.89. The third-order valence-electron chi connectivity index (χ3n) is 6.47. The minimum absolute atomic E-state index is 0.198. The summed E-state index contributed by atoms with van der Waals surface area (Å²) in [6.45, 7) is 0.818. The maximum atomic E-state index is 12.6. The van der Waals surface area contributed by atoms with E-state index in [1.807, 2.05) is 77.6 Å². The fourth-order valence-electron chi connectivity index (χ4n) is 4.33. The number of nitrogens with zero attached hydrogens (tertiary/aromatic N) is 3. The SMILES string of the molecule is COc1ccc(S(=O)(=O)NCCCNc2cc(-c3cn(-c4ccccc4)nc3-c3cccc(OC)c3)ccn2)cc1. The van der Waals surface area contributed by atoms with E-state index in [-0.39, 0.29) is 11.4 Å². The Morgan fingerprint density at radius 2 is 1.59 bits per heavy atom. The van der Waals surface area contributed by atoms with E-state index in [0.717, 1.165) is 33.8 Å². The molecule has 0 bridgehead atoms. The van der Waals surface area contributed by atoms with Gasteiger partial charge in [-0.2, -0.15) is 5.10 Å². The van der Waals surface area contributed by atoms with Crippen LogP contribution in [0.2, 0.25) is 0 Å². The predicted molar refractivity (Wildman–Crippen MR) is 160 cm³/mol. The van der Waals surface area contributed by atoms with Gasteiger partial charge < -0.3 is 14.8 Å². The van der Waals surface area contributed by atoms with E-state index in [9.17, 15) is 8.42 Å². The Hall–Kier alpha value is -4.67. The summed E-state index contributed by atoms with van der Waals surface area (Å²) in [5.41, 5.74) is 4.59. The van der Waals surface area contributed by atoms with E-state index in [4.69, 9.17) is 14.6 Å². The molecule has 0 radical (unpaired) electrons. The van der Waals surface area contributed by atoms with Crippen LogP contribution < -0.4 is 19.5 Å². The molecule has 2 aromatic heterocycles. The van der Waals surface area contributed by atoms with E-state index < -0.39 is 10.0 Å². The van der Waals surface area contributed by atoms with Crippen molar-refractivity contribution in [3.63, 3.8) is 0 Å². The lowest BCUT2D eigenvalue weighted by Crippen LogP contribution is -2.26. The van der Waals surface area contributed by atoms with Crippen LogP contribution in [0.25, 0.3) is 28.1 Å². The molecule has 5 aromatic rings. The number of hydrogen-bond donors (Lipinski definition) is 2. The average Bonchev–Trinajstić information content (AvgIpc) is 3.47. The first-order valence-corrected chi connectivity index (χ1v) is 14.6. The second kappa shape index (κ2) is 12.7. The fourth-order valence-corrected chi connectivity index (χ4v) is 5.40. The lowest BCUT2D eigenvalue weighted by molar-refractivity contribution is 0.414. The molecule has 41 heavy (non-hydrogen) atoms. The van der Waals surface area contributed by atoms with Crippen LogP contribution in [0.15, 0.2) is 108 Å². The number of sulfonamides is 1. The number of benzene rings is 3. The molecule has 0 unspecified atom stereocenters. The van der Waals surface area contributed by atoms with Crippen LogP contribution in [-0.4, -0.2) is 50.5 Å². The van der Waals surface area contributed by atoms with Crippen molar-refractivity contribution in [2.45, 2.75) is 11.3 Å². The van der Waals surface area contributed by atoms with Crippen molar-refractivity contribution in [3.8, 4) is 39.6 Å². The molecule has 0 saturated heterocycles. The van der Waals surface area contributed by atoms with Gasteiger partial charge in [0.1, 0.15) is 23.0 Å². The number of pyridine rings is 1. The van der Waals surface area contributed by atoms with Crippen molar-refractivity contribution >= 4 is 15.8 Å². The van der Waals surface area contributed by atoms with Crippen molar-refractivity contribution < 1.29 is 17.9 Å². The van der Waals surface area contributed by atoms with E-state index in [2.05, 4.69) is 15.0 Å². The Labute approximate surface area is 239 Å². The zero-order valence-electron chi connectivity index (χ0n) is 22.8. The minimum atomic E-state index is -3.60. The van der Waals surface area contributed by atoms with Crippen LogP contribution in [0.1, 0.15) is 6.42 Å². The summed E-state index contributed by atoms with van der Waals surface area (Å²) >= 11 is 0. The lowest BCUT2D eigenvalue weighted by atomic mass is 10.0. The van der Waals surface area contributed by atoms with E-state index in [0.29, 0.717) is 24.5 Å². The number of methoxy groups -OCH3 is 2. The summed E-state index contributed by atoms with van der Waals surface area (Å²) in [4.78, 5) is 4.66. The molecule has 0 aliphatic heterocycles. The van der Waals surface area contributed by atoms with Gasteiger partial charge in [-0.05, 0) is 72.6 Å². The zero-order valence-corrected chi connectivity index (χ0v) is 23.6. The van der Waals surface area contributed by atoms with E-state index >= 15 is 0 Å². The summed E-state index contributed by atoms with van der Waals surface area (Å²) in [6.07, 6.45) is 4.33. The molecule has 0 aliphatic rings. The van der Waals surface area contributed by atoms with Crippen molar-refractivity contribution in [1.82, 2.24) is 19.5 Å². The number of para-hydroxylation sites is 1. The van der Waals surface area contributed by atoms with Gasteiger partial charge >= 0.3 is 0 Å². The van der Waals surface area contributed by atoms with Gasteiger partial charge in [-0.3, -0.25) is 0 Å². The topological polar surface area (TPSA) is 107 Å². The maximum absolute atomic E-state index is 12.6. The van der Waals surface area contributed by atoms with Gasteiger partial charge in [0.15, 0.2) is 0 Å². The number of rotatable bonds is 12. The number of nitrogens with one attached hydrogen (secondary N) is 2. The van der Waals surface area contributed by atoms with Crippen LogP contribution in [0.5, 0.6) is 11.5 Å². The van der Waals surface area contributed by atoms with Gasteiger partial charge in [0.25, 0.3) is 0 Å². The van der Waals surface area contributed by atoms with Crippen LogP contribution in [0.3, 0.4) is 0 Å². The highest BCUT2D eigenvalue weighted by Gasteiger charge is 2.16. The number of anilines is 1. The minimum Gasteiger partial charge on any atom is -0.497 e. The molecule has 10 heteroatoms. The monoisotopic (exact) mass is 569 g/mol. The third-order valence-corrected chi connectivity index (χ3v) is 7.95. The Kier molecular flexibility index (Phi) is 8.61. The summed E-state index contributed by atoms with van der Waals surface area (Å²) in [7, 11) is -0.413. The van der Waals surface area contributed by atoms with Crippen molar-refractivity contribution in [1.29, 1.82) is 0 Å². The molecule has 5 rings (SSSR count). The standard InChI is InChI=1S/C31H31N5O4S/c1-39-26-12-14-28(15-13-26)41(37,38)34-18-7-17-32-30-21-23(16-19-33-30)29-22-36(25-9-4-3-5-10-25)35-31(29)24-8-6-11-27(20-24)40-2/h3-6,8-16,19-22,34H,7,17-18H2,1-2H3,(H,32,33). The Bertz CT molecular complexity index is 1700.